The molecule has 0 spiro atoms. The number of rotatable bonds is 0. The van der Waals surface area contributed by atoms with E-state index >= 15 is 0 Å². The van der Waals surface area contributed by atoms with Gasteiger partial charge in [-0.1, -0.05) is 7.05 Å². The standard InChI is InChI=1S/C2H2N.CH3.Au/c1-3-2;;/h1H2;1H3;/q2*-1;. The minimum absolute atomic E-state index is 0. The van der Waals surface area contributed by atoms with Crippen molar-refractivity contribution in [2.24, 2.45) is 0 Å². The third-order valence-corrected chi connectivity index (χ3v) is 0. The first-order valence-electron chi connectivity index (χ1n) is 0.540. The number of hydrogen-bond acceptors (Lipinski definition) is 0. The molecule has 0 aliphatic carbocycles. The van der Waals surface area contributed by atoms with Crippen LogP contribution in [-0.2, 0) is 22.4 Å². The van der Waals surface area contributed by atoms with Gasteiger partial charge in [0.05, 0.1) is 0 Å². The summed E-state index contributed by atoms with van der Waals surface area (Å²) in [6, 6.07) is 0. The van der Waals surface area contributed by atoms with Crippen LogP contribution in [0.4, 0.5) is 0 Å². The molecule has 0 aliphatic rings. The molecule has 0 N–H and O–H groups in total. The molecule has 0 aromatic heterocycles. The Morgan fingerprint density at radius 3 is 1.60 bits per heavy atom. The molecule has 5 heavy (non-hydrogen) atoms. The first-order valence-corrected chi connectivity index (χ1v) is 0.540. The van der Waals surface area contributed by atoms with Crippen molar-refractivity contribution in [1.82, 2.24) is 0 Å². The third kappa shape index (κ3) is 1800. The van der Waals surface area contributed by atoms with Gasteiger partial charge in [-0.25, -0.2) is 0 Å². The molecule has 35 valence electrons. The van der Waals surface area contributed by atoms with Crippen LogP contribution in [0.2, 0.25) is 0 Å². The average Bonchev–Trinajstić information content (AvgIpc) is 0.918. The smallest absolute Gasteiger partial charge is 0 e. The van der Waals surface area contributed by atoms with Crippen LogP contribution in [0.3, 0.4) is 0 Å². The summed E-state index contributed by atoms with van der Waals surface area (Å²) >= 11 is 0. The first kappa shape index (κ1) is 19.4. The predicted octanol–water partition coefficient (Wildman–Crippen LogP) is 1.15. The van der Waals surface area contributed by atoms with E-state index < -0.39 is 0 Å². The van der Waals surface area contributed by atoms with Crippen LogP contribution >= 0.6 is 0 Å². The van der Waals surface area contributed by atoms with Crippen molar-refractivity contribution in [1.29, 1.82) is 0 Å². The van der Waals surface area contributed by atoms with Gasteiger partial charge in [-0.2, -0.15) is 0 Å². The second-order valence-corrected chi connectivity index (χ2v) is 0.158. The van der Waals surface area contributed by atoms with Crippen molar-refractivity contribution < 1.29 is 22.4 Å². The molecule has 0 bridgehead atoms. The van der Waals surface area contributed by atoms with Crippen molar-refractivity contribution in [3.8, 4) is 0 Å². The van der Waals surface area contributed by atoms with Gasteiger partial charge < -0.3 is 12.3 Å². The Balaban J connectivity index is -0.0000000200. The van der Waals surface area contributed by atoms with Gasteiger partial charge in [-0.15, -0.1) is 0 Å². The van der Waals surface area contributed by atoms with Crippen molar-refractivity contribution in [3.63, 3.8) is 0 Å². The zero-order chi connectivity index (χ0) is 2.71. The zero-order valence-electron chi connectivity index (χ0n) is 2.96. The minimum Gasteiger partial charge on any atom is -0.464 e. The summed E-state index contributed by atoms with van der Waals surface area (Å²) < 4.78 is 0. The molecular weight excluding hydrogens is 247 g/mol. The van der Waals surface area contributed by atoms with Crippen LogP contribution in [0.1, 0.15) is 0 Å². The monoisotopic (exact) mass is 252 g/mol. The van der Waals surface area contributed by atoms with Gasteiger partial charge in [-0.3, -0.25) is 6.57 Å². The van der Waals surface area contributed by atoms with Gasteiger partial charge in [-0.05, 0) is 0 Å². The summed E-state index contributed by atoms with van der Waals surface area (Å²) in [6.45, 7) is 5.72. The van der Waals surface area contributed by atoms with Gasteiger partial charge in [0, 0.05) is 22.4 Å². The summed E-state index contributed by atoms with van der Waals surface area (Å²) in [4.78, 5) is 2.50. The van der Waals surface area contributed by atoms with E-state index in [1.165, 1.54) is 0 Å². The fraction of sp³-hybridized carbons (Fsp3) is 0. The molecule has 0 aromatic rings. The van der Waals surface area contributed by atoms with E-state index in [9.17, 15) is 0 Å². The van der Waals surface area contributed by atoms with Crippen LogP contribution in [0.5, 0.6) is 0 Å². The Hall–Kier alpha value is 0.100. The summed E-state index contributed by atoms with van der Waals surface area (Å²) in [5.41, 5.74) is 0. The molecule has 0 unspecified atom stereocenters. The predicted molar refractivity (Wildman–Crippen MR) is 18.4 cm³/mol. The van der Waals surface area contributed by atoms with Crippen molar-refractivity contribution in [3.05, 3.63) is 25.9 Å². The number of nitrogens with zero attached hydrogens (tertiary/aromatic N) is 1. The molecule has 0 rings (SSSR count). The molecule has 1 nitrogen and oxygen atoms in total. The fourth-order valence-electron chi connectivity index (χ4n) is 0. The van der Waals surface area contributed by atoms with Gasteiger partial charge in [0.2, 0.25) is 0 Å². The third-order valence-electron chi connectivity index (χ3n) is 0. The van der Waals surface area contributed by atoms with Gasteiger partial charge in [0.15, 0.2) is 0 Å². The van der Waals surface area contributed by atoms with Gasteiger partial charge in [0.1, 0.15) is 0 Å². The molecule has 0 aliphatic heterocycles. The molecule has 1 radical (unpaired) electrons. The van der Waals surface area contributed by atoms with Crippen LogP contribution in [0, 0.1) is 21.0 Å². The molecule has 2 heteroatoms. The van der Waals surface area contributed by atoms with Crippen LogP contribution in [0.25, 0.3) is 4.85 Å². The molecular formula is C3H5AuN-2. The van der Waals surface area contributed by atoms with Crippen LogP contribution in [0.15, 0.2) is 0 Å². The second kappa shape index (κ2) is 32.6. The average molecular weight is 252 g/mol. The van der Waals surface area contributed by atoms with Crippen molar-refractivity contribution >= 4 is 0 Å². The van der Waals surface area contributed by atoms with Crippen molar-refractivity contribution in [2.45, 2.75) is 0 Å². The Morgan fingerprint density at radius 2 is 1.60 bits per heavy atom. The largest absolute Gasteiger partial charge is 0.464 e. The molecule has 0 aromatic carbocycles. The maximum absolute atomic E-state index is 5.72. The van der Waals surface area contributed by atoms with E-state index in [1.807, 2.05) is 0 Å². The first-order chi connectivity index (χ1) is 1.41. The fourth-order valence-corrected chi connectivity index (χ4v) is 0. The number of hydrogen-bond donors (Lipinski definition) is 0. The summed E-state index contributed by atoms with van der Waals surface area (Å²) in [7, 11) is 2.78. The van der Waals surface area contributed by atoms with Gasteiger partial charge in [0.25, 0.3) is 0 Å². The van der Waals surface area contributed by atoms with E-state index in [1.54, 1.807) is 0 Å². The molecule has 0 saturated carbocycles. The summed E-state index contributed by atoms with van der Waals surface area (Å²) in [5, 5.41) is 0. The maximum Gasteiger partial charge on any atom is 0 e. The molecule has 0 amide bonds. The molecule has 0 heterocycles. The summed E-state index contributed by atoms with van der Waals surface area (Å²) in [5.74, 6) is 0. The zero-order valence-corrected chi connectivity index (χ0v) is 5.12. The van der Waals surface area contributed by atoms with E-state index in [-0.39, 0.29) is 29.8 Å². The minimum atomic E-state index is 0. The Labute approximate surface area is 48.7 Å². The quantitative estimate of drug-likeness (QED) is 0.450. The van der Waals surface area contributed by atoms with Gasteiger partial charge >= 0.3 is 0 Å². The SMILES string of the molecule is [Au].[C-]#[N+][CH2-].[CH3-]. The Kier molecular flexibility index (Phi) is 127. The normalized spacial score (nSPS) is 1.40. The van der Waals surface area contributed by atoms with Crippen molar-refractivity contribution in [2.75, 3.05) is 0 Å². The van der Waals surface area contributed by atoms with E-state index in [0.717, 1.165) is 0 Å². The second-order valence-electron chi connectivity index (χ2n) is 0.158. The maximum atomic E-state index is 5.72. The van der Waals surface area contributed by atoms with E-state index in [0.29, 0.717) is 0 Å². The van der Waals surface area contributed by atoms with E-state index in [4.69, 9.17) is 6.57 Å². The molecule has 0 saturated heterocycles. The van der Waals surface area contributed by atoms with E-state index in [2.05, 4.69) is 11.9 Å². The molecule has 0 atom stereocenters. The van der Waals surface area contributed by atoms with Crippen LogP contribution < -0.4 is 0 Å². The molecule has 0 fully saturated rings. The Bertz CT molecular complexity index is 28.4. The topological polar surface area (TPSA) is 4.36 Å². The Morgan fingerprint density at radius 1 is 1.60 bits per heavy atom. The summed E-state index contributed by atoms with van der Waals surface area (Å²) in [6.07, 6.45) is 0. The van der Waals surface area contributed by atoms with Crippen LogP contribution in [-0.4, -0.2) is 0 Å².